The number of halogens is 2. The number of carboxylic acid groups (broad SMARTS) is 1. The Labute approximate surface area is 114 Å². The molecule has 1 rings (SSSR count). The van der Waals surface area contributed by atoms with E-state index in [4.69, 9.17) is 28.3 Å². The molecule has 0 bridgehead atoms. The number of aliphatic carboxylic acids is 1. The first-order valence-corrected chi connectivity index (χ1v) is 5.94. The lowest BCUT2D eigenvalue weighted by atomic mass is 10.0. The number of nitrogens with one attached hydrogen (secondary N) is 1. The van der Waals surface area contributed by atoms with E-state index in [1.54, 1.807) is 13.8 Å². The number of amides is 1. The normalized spacial score (nSPS) is 12.3. The van der Waals surface area contributed by atoms with E-state index in [-0.39, 0.29) is 21.8 Å². The number of aromatic nitrogens is 1. The van der Waals surface area contributed by atoms with Gasteiger partial charge in [-0.1, -0.05) is 37.0 Å². The minimum Gasteiger partial charge on any atom is -0.480 e. The van der Waals surface area contributed by atoms with Crippen molar-refractivity contribution in [1.82, 2.24) is 10.3 Å². The molecule has 7 heteroatoms. The summed E-state index contributed by atoms with van der Waals surface area (Å²) >= 11 is 11.4. The first-order chi connectivity index (χ1) is 8.32. The van der Waals surface area contributed by atoms with Gasteiger partial charge in [0.05, 0.1) is 5.56 Å². The number of carbonyl (C=O) groups is 2. The van der Waals surface area contributed by atoms with Gasteiger partial charge in [0, 0.05) is 0 Å². The van der Waals surface area contributed by atoms with Crippen molar-refractivity contribution in [1.29, 1.82) is 0 Å². The molecule has 0 aliphatic carbocycles. The summed E-state index contributed by atoms with van der Waals surface area (Å²) in [5, 5.41) is 11.5. The molecule has 0 saturated heterocycles. The predicted octanol–water partition coefficient (Wildman–Crippen LogP) is 2.23. The van der Waals surface area contributed by atoms with Gasteiger partial charge >= 0.3 is 5.97 Å². The Morgan fingerprint density at radius 2 is 1.94 bits per heavy atom. The lowest BCUT2D eigenvalue weighted by molar-refractivity contribution is -0.140. The maximum Gasteiger partial charge on any atom is 0.326 e. The SMILES string of the molecule is CC(C)[C@@H](NC(=O)c1ccc(Cl)nc1Cl)C(=O)O. The number of carboxylic acids is 1. The van der Waals surface area contributed by atoms with Crippen LogP contribution in [0.2, 0.25) is 10.3 Å². The van der Waals surface area contributed by atoms with Crippen LogP contribution >= 0.6 is 23.2 Å². The van der Waals surface area contributed by atoms with E-state index in [1.165, 1.54) is 12.1 Å². The van der Waals surface area contributed by atoms with E-state index < -0.39 is 17.9 Å². The van der Waals surface area contributed by atoms with Crippen LogP contribution in [0.4, 0.5) is 0 Å². The molecule has 1 amide bonds. The molecular formula is C11H12Cl2N2O3. The average molecular weight is 291 g/mol. The van der Waals surface area contributed by atoms with Crippen molar-refractivity contribution >= 4 is 35.1 Å². The molecule has 1 aromatic heterocycles. The third-order valence-electron chi connectivity index (χ3n) is 2.28. The molecule has 0 aliphatic heterocycles. The van der Waals surface area contributed by atoms with Crippen molar-refractivity contribution in [3.63, 3.8) is 0 Å². The topological polar surface area (TPSA) is 79.3 Å². The van der Waals surface area contributed by atoms with Crippen LogP contribution in [0.15, 0.2) is 12.1 Å². The van der Waals surface area contributed by atoms with Crippen LogP contribution in [0.1, 0.15) is 24.2 Å². The number of pyridine rings is 1. The lowest BCUT2D eigenvalue weighted by Crippen LogP contribution is -2.44. The fourth-order valence-electron chi connectivity index (χ4n) is 1.31. The zero-order valence-electron chi connectivity index (χ0n) is 9.78. The summed E-state index contributed by atoms with van der Waals surface area (Å²) in [5.41, 5.74) is 0.0907. The highest BCUT2D eigenvalue weighted by molar-refractivity contribution is 6.34. The molecule has 2 N–H and O–H groups in total. The standard InChI is InChI=1S/C11H12Cl2N2O3/c1-5(2)8(11(17)18)15-10(16)6-3-4-7(12)14-9(6)13/h3-5,8H,1-2H3,(H,15,16)(H,17,18)/t8-/m1/s1. The van der Waals surface area contributed by atoms with E-state index in [1.807, 2.05) is 0 Å². The summed E-state index contributed by atoms with van der Waals surface area (Å²) in [6.07, 6.45) is 0. The van der Waals surface area contributed by atoms with Crippen LogP contribution in [-0.2, 0) is 4.79 Å². The Kier molecular flexibility index (Phi) is 4.93. The molecule has 0 saturated carbocycles. The molecule has 0 radical (unpaired) electrons. The second kappa shape index (κ2) is 6.02. The van der Waals surface area contributed by atoms with Gasteiger partial charge < -0.3 is 10.4 Å². The lowest BCUT2D eigenvalue weighted by Gasteiger charge is -2.18. The monoisotopic (exact) mass is 290 g/mol. The number of hydrogen-bond acceptors (Lipinski definition) is 3. The summed E-state index contributed by atoms with van der Waals surface area (Å²) in [4.78, 5) is 26.5. The van der Waals surface area contributed by atoms with Gasteiger partial charge in [-0.25, -0.2) is 9.78 Å². The van der Waals surface area contributed by atoms with Gasteiger partial charge in [0.2, 0.25) is 0 Å². The molecule has 5 nitrogen and oxygen atoms in total. The van der Waals surface area contributed by atoms with Gasteiger partial charge in [-0.2, -0.15) is 0 Å². The molecule has 1 atom stereocenters. The van der Waals surface area contributed by atoms with Crippen LogP contribution in [-0.4, -0.2) is 28.0 Å². The molecule has 0 unspecified atom stereocenters. The third-order valence-corrected chi connectivity index (χ3v) is 2.78. The number of nitrogens with zero attached hydrogens (tertiary/aromatic N) is 1. The Bertz CT molecular complexity index is 477. The van der Waals surface area contributed by atoms with E-state index in [0.29, 0.717) is 0 Å². The van der Waals surface area contributed by atoms with Crippen LogP contribution in [0.3, 0.4) is 0 Å². The van der Waals surface area contributed by atoms with Gasteiger partial charge in [-0.15, -0.1) is 0 Å². The van der Waals surface area contributed by atoms with Crippen LogP contribution in [0.5, 0.6) is 0 Å². The predicted molar refractivity (Wildman–Crippen MR) is 68.0 cm³/mol. The molecule has 98 valence electrons. The maximum absolute atomic E-state index is 11.9. The largest absolute Gasteiger partial charge is 0.480 e. The summed E-state index contributed by atoms with van der Waals surface area (Å²) in [5.74, 6) is -1.94. The van der Waals surface area contributed by atoms with Crippen molar-refractivity contribution in [3.05, 3.63) is 28.0 Å². The highest BCUT2D eigenvalue weighted by Crippen LogP contribution is 2.17. The van der Waals surface area contributed by atoms with Crippen molar-refractivity contribution in [3.8, 4) is 0 Å². The van der Waals surface area contributed by atoms with Crippen molar-refractivity contribution in [2.24, 2.45) is 5.92 Å². The van der Waals surface area contributed by atoms with Crippen LogP contribution in [0.25, 0.3) is 0 Å². The molecule has 18 heavy (non-hydrogen) atoms. The van der Waals surface area contributed by atoms with Crippen LogP contribution < -0.4 is 5.32 Å². The third kappa shape index (κ3) is 3.58. The zero-order chi connectivity index (χ0) is 13.9. The Morgan fingerprint density at radius 1 is 1.33 bits per heavy atom. The van der Waals surface area contributed by atoms with Gasteiger partial charge in [-0.05, 0) is 18.1 Å². The molecule has 0 aliphatic rings. The molecule has 0 aromatic carbocycles. The number of hydrogen-bond donors (Lipinski definition) is 2. The van der Waals surface area contributed by atoms with Crippen LogP contribution in [0, 0.1) is 5.92 Å². The van der Waals surface area contributed by atoms with E-state index in [9.17, 15) is 9.59 Å². The molecule has 1 heterocycles. The Balaban J connectivity index is 2.91. The van der Waals surface area contributed by atoms with Crippen molar-refractivity contribution < 1.29 is 14.7 Å². The second-order valence-corrected chi connectivity index (χ2v) is 4.75. The van der Waals surface area contributed by atoms with E-state index in [2.05, 4.69) is 10.3 Å². The van der Waals surface area contributed by atoms with E-state index >= 15 is 0 Å². The molecule has 0 fully saturated rings. The first kappa shape index (κ1) is 14.7. The fraction of sp³-hybridized carbons (Fsp3) is 0.364. The molecule has 0 spiro atoms. The maximum atomic E-state index is 11.9. The number of carbonyl (C=O) groups excluding carboxylic acids is 1. The van der Waals surface area contributed by atoms with Gasteiger partial charge in [-0.3, -0.25) is 4.79 Å². The fourth-order valence-corrected chi connectivity index (χ4v) is 1.74. The number of rotatable bonds is 4. The first-order valence-electron chi connectivity index (χ1n) is 5.18. The van der Waals surface area contributed by atoms with E-state index in [0.717, 1.165) is 0 Å². The summed E-state index contributed by atoms with van der Waals surface area (Å²) in [7, 11) is 0. The highest BCUT2D eigenvalue weighted by Gasteiger charge is 2.25. The average Bonchev–Trinajstić information content (AvgIpc) is 2.24. The van der Waals surface area contributed by atoms with Gasteiger partial charge in [0.1, 0.15) is 16.3 Å². The minimum absolute atomic E-state index is 0.0621. The molecule has 1 aromatic rings. The molecular weight excluding hydrogens is 279 g/mol. The smallest absolute Gasteiger partial charge is 0.326 e. The Hall–Kier alpha value is -1.33. The second-order valence-electron chi connectivity index (χ2n) is 4.01. The minimum atomic E-state index is -1.10. The highest BCUT2D eigenvalue weighted by atomic mass is 35.5. The van der Waals surface area contributed by atoms with Gasteiger partial charge in [0.25, 0.3) is 5.91 Å². The summed E-state index contributed by atoms with van der Waals surface area (Å²) < 4.78 is 0. The van der Waals surface area contributed by atoms with Gasteiger partial charge in [0.15, 0.2) is 0 Å². The summed E-state index contributed by atoms with van der Waals surface area (Å²) in [6.45, 7) is 3.39. The van der Waals surface area contributed by atoms with Crippen molar-refractivity contribution in [2.45, 2.75) is 19.9 Å². The Morgan fingerprint density at radius 3 is 2.39 bits per heavy atom. The summed E-state index contributed by atoms with van der Waals surface area (Å²) in [6, 6.07) is 1.82. The zero-order valence-corrected chi connectivity index (χ0v) is 11.3. The quantitative estimate of drug-likeness (QED) is 0.834. The van der Waals surface area contributed by atoms with Crippen molar-refractivity contribution in [2.75, 3.05) is 0 Å².